The van der Waals surface area contributed by atoms with Crippen LogP contribution in [0.5, 0.6) is 11.5 Å². The number of halogens is 1. The van der Waals surface area contributed by atoms with Crippen LogP contribution in [-0.2, 0) is 6.61 Å². The molecule has 0 radical (unpaired) electrons. The van der Waals surface area contributed by atoms with Crippen molar-refractivity contribution in [1.29, 1.82) is 0 Å². The number of aromatic nitrogens is 5. The van der Waals surface area contributed by atoms with Gasteiger partial charge in [0.25, 0.3) is 5.91 Å². The number of carbonyl (C=O) groups is 1. The number of nitrogens with two attached hydrogens (primary N) is 1. The zero-order valence-corrected chi connectivity index (χ0v) is 18.8. The summed E-state index contributed by atoms with van der Waals surface area (Å²) in [5.41, 5.74) is 9.83. The second kappa shape index (κ2) is 10.4. The first-order valence-corrected chi connectivity index (χ1v) is 10.4. The van der Waals surface area contributed by atoms with Gasteiger partial charge in [-0.15, -0.1) is 5.10 Å². The van der Waals surface area contributed by atoms with E-state index in [0.717, 1.165) is 4.68 Å². The highest BCUT2D eigenvalue weighted by atomic mass is 19.1. The van der Waals surface area contributed by atoms with E-state index in [1.165, 1.54) is 18.3 Å². The van der Waals surface area contributed by atoms with Crippen molar-refractivity contribution in [3.63, 3.8) is 0 Å². The number of amides is 1. The minimum Gasteiger partial charge on any atom is -0.490 e. The summed E-state index contributed by atoms with van der Waals surface area (Å²) in [5.74, 6) is 0.0321. The van der Waals surface area contributed by atoms with Crippen molar-refractivity contribution in [2.45, 2.75) is 20.5 Å². The lowest BCUT2D eigenvalue weighted by atomic mass is 10.2. The van der Waals surface area contributed by atoms with E-state index in [1.54, 1.807) is 37.3 Å². The van der Waals surface area contributed by atoms with E-state index < -0.39 is 5.91 Å². The van der Waals surface area contributed by atoms with Gasteiger partial charge in [0.05, 0.1) is 18.5 Å². The highest BCUT2D eigenvalue weighted by Crippen LogP contribution is 2.29. The van der Waals surface area contributed by atoms with E-state index in [4.69, 9.17) is 15.2 Å². The first kappa shape index (κ1) is 23.4. The van der Waals surface area contributed by atoms with Gasteiger partial charge in [0.15, 0.2) is 17.2 Å². The molecule has 0 atom stereocenters. The van der Waals surface area contributed by atoms with Gasteiger partial charge in [-0.05, 0) is 65.6 Å². The second-order valence-corrected chi connectivity index (χ2v) is 7.17. The number of nitrogens with one attached hydrogen (secondary N) is 1. The fraction of sp³-hybridized carbons (Fsp3) is 0.182. The molecular weight excluding hydrogens is 459 g/mol. The Morgan fingerprint density at radius 3 is 2.83 bits per heavy atom. The van der Waals surface area contributed by atoms with Crippen LogP contribution in [0, 0.1) is 12.7 Å². The van der Waals surface area contributed by atoms with Crippen molar-refractivity contribution < 1.29 is 23.3 Å². The molecule has 35 heavy (non-hydrogen) atoms. The Morgan fingerprint density at radius 2 is 2.09 bits per heavy atom. The molecule has 0 bridgehead atoms. The summed E-state index contributed by atoms with van der Waals surface area (Å²) in [5, 5.41) is 18.8. The molecule has 2 aromatic carbocycles. The standard InChI is InChI=1S/C22H21FN8O4/c1-3-33-18-10-14(7-8-17(18)34-12-15-5-4-6-16(23)9-15)11-25-27-22(32)19-13(2)26-30-31(19)21-20(24)28-35-29-21/h4-11H,3,12H2,1-2H3,(H2,24,28)(H,27,32)/b25-11-. The Kier molecular flexibility index (Phi) is 6.95. The number of nitrogen functional groups attached to an aromatic ring is 1. The van der Waals surface area contributed by atoms with Gasteiger partial charge in [0.2, 0.25) is 11.6 Å². The average molecular weight is 480 g/mol. The van der Waals surface area contributed by atoms with E-state index in [1.807, 2.05) is 6.92 Å². The summed E-state index contributed by atoms with van der Waals surface area (Å²) in [7, 11) is 0. The normalized spacial score (nSPS) is 11.1. The van der Waals surface area contributed by atoms with Crippen molar-refractivity contribution in [1.82, 2.24) is 30.7 Å². The Morgan fingerprint density at radius 1 is 1.23 bits per heavy atom. The SMILES string of the molecule is CCOc1cc(/C=N\NC(=O)c2c(C)nnn2-c2nonc2N)ccc1OCc1cccc(F)c1. The molecule has 3 N–H and O–H groups in total. The van der Waals surface area contributed by atoms with Crippen LogP contribution in [0.3, 0.4) is 0 Å². The minimum absolute atomic E-state index is 0.0370. The highest BCUT2D eigenvalue weighted by Gasteiger charge is 2.22. The number of carbonyl (C=O) groups excluding carboxylic acids is 1. The molecule has 0 unspecified atom stereocenters. The number of hydrogen-bond donors (Lipinski definition) is 2. The summed E-state index contributed by atoms with van der Waals surface area (Å²) in [6, 6.07) is 11.3. The monoisotopic (exact) mass is 480 g/mol. The number of hydrogen-bond acceptors (Lipinski definition) is 10. The third-order valence-corrected chi connectivity index (χ3v) is 4.68. The van der Waals surface area contributed by atoms with Crippen molar-refractivity contribution in [3.05, 3.63) is 70.8 Å². The first-order valence-electron chi connectivity index (χ1n) is 10.4. The molecule has 4 rings (SSSR count). The maximum absolute atomic E-state index is 13.4. The zero-order chi connectivity index (χ0) is 24.8. The molecular formula is C22H21FN8O4. The summed E-state index contributed by atoms with van der Waals surface area (Å²) in [4.78, 5) is 12.7. The largest absolute Gasteiger partial charge is 0.490 e. The molecule has 0 fully saturated rings. The van der Waals surface area contributed by atoms with Crippen LogP contribution in [0.1, 0.15) is 34.2 Å². The van der Waals surface area contributed by atoms with E-state index in [9.17, 15) is 9.18 Å². The quantitative estimate of drug-likeness (QED) is 0.271. The van der Waals surface area contributed by atoms with Crippen LogP contribution < -0.4 is 20.6 Å². The van der Waals surface area contributed by atoms with Crippen LogP contribution in [0.15, 0.2) is 52.2 Å². The van der Waals surface area contributed by atoms with E-state index >= 15 is 0 Å². The lowest BCUT2D eigenvalue weighted by molar-refractivity contribution is 0.0946. The molecule has 0 aliphatic carbocycles. The average Bonchev–Trinajstić information content (AvgIpc) is 3.43. The van der Waals surface area contributed by atoms with Gasteiger partial charge in [0, 0.05) is 0 Å². The van der Waals surface area contributed by atoms with E-state index in [-0.39, 0.29) is 29.8 Å². The van der Waals surface area contributed by atoms with Crippen molar-refractivity contribution in [2.24, 2.45) is 5.10 Å². The third kappa shape index (κ3) is 5.40. The summed E-state index contributed by atoms with van der Waals surface area (Å²) in [6.45, 7) is 4.02. The van der Waals surface area contributed by atoms with Gasteiger partial charge in [0.1, 0.15) is 12.4 Å². The number of aryl methyl sites for hydroxylation is 1. The Balaban J connectivity index is 1.46. The third-order valence-electron chi connectivity index (χ3n) is 4.68. The molecule has 2 aromatic heterocycles. The number of anilines is 1. The Labute approximate surface area is 198 Å². The van der Waals surface area contributed by atoms with Crippen LogP contribution in [0.25, 0.3) is 5.82 Å². The van der Waals surface area contributed by atoms with Crippen molar-refractivity contribution in [3.8, 4) is 17.3 Å². The fourth-order valence-corrected chi connectivity index (χ4v) is 3.10. The van der Waals surface area contributed by atoms with Crippen LogP contribution in [0.4, 0.5) is 10.2 Å². The molecule has 180 valence electrons. The molecule has 0 aliphatic heterocycles. The molecule has 13 heteroatoms. The second-order valence-electron chi connectivity index (χ2n) is 7.17. The predicted octanol–water partition coefficient (Wildman–Crippen LogP) is 2.42. The molecule has 0 aliphatic rings. The number of hydrazone groups is 1. The van der Waals surface area contributed by atoms with Crippen molar-refractivity contribution in [2.75, 3.05) is 12.3 Å². The maximum atomic E-state index is 13.4. The lowest BCUT2D eigenvalue weighted by Gasteiger charge is -2.12. The van der Waals surface area contributed by atoms with Crippen LogP contribution in [0.2, 0.25) is 0 Å². The zero-order valence-electron chi connectivity index (χ0n) is 18.8. The molecule has 2 heterocycles. The van der Waals surface area contributed by atoms with Crippen LogP contribution >= 0.6 is 0 Å². The predicted molar refractivity (Wildman–Crippen MR) is 122 cm³/mol. The van der Waals surface area contributed by atoms with Crippen molar-refractivity contribution >= 4 is 17.9 Å². The van der Waals surface area contributed by atoms with Gasteiger partial charge in [-0.3, -0.25) is 4.79 Å². The molecule has 1 amide bonds. The summed E-state index contributed by atoms with van der Waals surface area (Å²) >= 11 is 0. The molecule has 0 spiro atoms. The topological polar surface area (TPSA) is 156 Å². The maximum Gasteiger partial charge on any atom is 0.292 e. The van der Waals surface area contributed by atoms with Gasteiger partial charge >= 0.3 is 0 Å². The van der Waals surface area contributed by atoms with Crippen LogP contribution in [-0.4, -0.2) is 44.0 Å². The van der Waals surface area contributed by atoms with Gasteiger partial charge < -0.3 is 15.2 Å². The highest BCUT2D eigenvalue weighted by molar-refractivity contribution is 5.94. The van der Waals surface area contributed by atoms with E-state index in [0.29, 0.717) is 34.9 Å². The number of nitrogens with zero attached hydrogens (tertiary/aromatic N) is 6. The number of benzene rings is 2. The molecule has 0 saturated carbocycles. The molecule has 12 nitrogen and oxygen atoms in total. The number of rotatable bonds is 9. The molecule has 0 saturated heterocycles. The Hall–Kier alpha value is -4.81. The summed E-state index contributed by atoms with van der Waals surface area (Å²) < 4.78 is 30.5. The number of ether oxygens (including phenoxy) is 2. The summed E-state index contributed by atoms with van der Waals surface area (Å²) in [6.07, 6.45) is 1.44. The van der Waals surface area contributed by atoms with Gasteiger partial charge in [-0.2, -0.15) is 9.78 Å². The fourth-order valence-electron chi connectivity index (χ4n) is 3.10. The molecule has 4 aromatic rings. The lowest BCUT2D eigenvalue weighted by Crippen LogP contribution is -2.22. The van der Waals surface area contributed by atoms with Gasteiger partial charge in [-0.1, -0.05) is 17.3 Å². The Bertz CT molecular complexity index is 1370. The van der Waals surface area contributed by atoms with Gasteiger partial charge in [-0.25, -0.2) is 14.4 Å². The first-order chi connectivity index (χ1) is 17.0. The smallest absolute Gasteiger partial charge is 0.292 e. The minimum atomic E-state index is -0.591. The van der Waals surface area contributed by atoms with E-state index in [2.05, 4.69) is 35.8 Å².